The van der Waals surface area contributed by atoms with E-state index < -0.39 is 0 Å². The molecule has 1 fully saturated rings. The summed E-state index contributed by atoms with van der Waals surface area (Å²) in [6.45, 7) is 1.72. The third-order valence-corrected chi connectivity index (χ3v) is 5.02. The third kappa shape index (κ3) is 2.43. The van der Waals surface area contributed by atoms with Crippen LogP contribution < -0.4 is 0 Å². The number of fused-ring (bicyclic) bond motifs is 1. The van der Waals surface area contributed by atoms with Gasteiger partial charge in [-0.25, -0.2) is 0 Å². The van der Waals surface area contributed by atoms with Crippen molar-refractivity contribution in [1.29, 1.82) is 0 Å². The average Bonchev–Trinajstić information content (AvgIpc) is 3.27. The summed E-state index contributed by atoms with van der Waals surface area (Å²) >= 11 is 0. The van der Waals surface area contributed by atoms with Gasteiger partial charge >= 0.3 is 0 Å². The van der Waals surface area contributed by atoms with E-state index in [0.29, 0.717) is 11.9 Å². The van der Waals surface area contributed by atoms with E-state index in [-0.39, 0.29) is 5.92 Å². The second kappa shape index (κ2) is 5.59. The van der Waals surface area contributed by atoms with Crippen LogP contribution in [0.5, 0.6) is 0 Å². The van der Waals surface area contributed by atoms with E-state index in [0.717, 1.165) is 38.8 Å². The van der Waals surface area contributed by atoms with Crippen LogP contribution in [0, 0.1) is 5.92 Å². The molecule has 1 amide bonds. The van der Waals surface area contributed by atoms with Gasteiger partial charge in [-0.05, 0) is 42.9 Å². The van der Waals surface area contributed by atoms with Crippen LogP contribution in [-0.2, 0) is 24.2 Å². The maximum absolute atomic E-state index is 13.0. The van der Waals surface area contributed by atoms with Crippen molar-refractivity contribution in [2.75, 3.05) is 6.54 Å². The molecule has 0 spiro atoms. The summed E-state index contributed by atoms with van der Waals surface area (Å²) < 4.78 is 1.94. The molecule has 1 aromatic heterocycles. The lowest BCUT2D eigenvalue weighted by Crippen LogP contribution is -2.42. The Morgan fingerprint density at radius 2 is 1.95 bits per heavy atom. The molecule has 1 aromatic carbocycles. The normalized spacial score (nSPS) is 21.3. The molecule has 0 radical (unpaired) electrons. The third-order valence-electron chi connectivity index (χ3n) is 5.02. The molecule has 0 saturated carbocycles. The SMILES string of the molecule is O=C(C1Cc2ccccc2C1)N1CCCC1Cn1cccn1. The topological polar surface area (TPSA) is 38.1 Å². The van der Waals surface area contributed by atoms with Gasteiger partial charge in [-0.1, -0.05) is 24.3 Å². The van der Waals surface area contributed by atoms with Crippen molar-refractivity contribution in [2.24, 2.45) is 5.92 Å². The number of carbonyl (C=O) groups is 1. The van der Waals surface area contributed by atoms with Crippen molar-refractivity contribution in [1.82, 2.24) is 14.7 Å². The van der Waals surface area contributed by atoms with Crippen LogP contribution in [0.15, 0.2) is 42.7 Å². The second-order valence-corrected chi connectivity index (χ2v) is 6.43. The number of aromatic nitrogens is 2. The first-order chi connectivity index (χ1) is 10.8. The fraction of sp³-hybridized carbons (Fsp3) is 0.444. The van der Waals surface area contributed by atoms with Crippen molar-refractivity contribution >= 4 is 5.91 Å². The van der Waals surface area contributed by atoms with Crippen LogP contribution in [0.2, 0.25) is 0 Å². The number of amides is 1. The number of rotatable bonds is 3. The van der Waals surface area contributed by atoms with E-state index in [4.69, 9.17) is 0 Å². The van der Waals surface area contributed by atoms with E-state index in [9.17, 15) is 4.79 Å². The standard InChI is InChI=1S/C18H21N3O/c22-18(16-11-14-5-1-2-6-15(14)12-16)21-10-3-7-17(21)13-20-9-4-8-19-20/h1-2,4-6,8-9,16-17H,3,7,10-13H2. The zero-order chi connectivity index (χ0) is 14.9. The van der Waals surface area contributed by atoms with Gasteiger partial charge < -0.3 is 4.90 Å². The number of nitrogens with zero attached hydrogens (tertiary/aromatic N) is 3. The second-order valence-electron chi connectivity index (χ2n) is 6.43. The summed E-state index contributed by atoms with van der Waals surface area (Å²) in [4.78, 5) is 15.1. The molecule has 22 heavy (non-hydrogen) atoms. The van der Waals surface area contributed by atoms with Gasteiger partial charge in [0.2, 0.25) is 5.91 Å². The molecule has 2 aromatic rings. The zero-order valence-corrected chi connectivity index (χ0v) is 12.7. The highest BCUT2D eigenvalue weighted by Gasteiger charge is 2.35. The Labute approximate surface area is 130 Å². The number of hydrogen-bond acceptors (Lipinski definition) is 2. The highest BCUT2D eigenvalue weighted by molar-refractivity contribution is 5.81. The summed E-state index contributed by atoms with van der Waals surface area (Å²) in [5, 5.41) is 4.28. The molecular weight excluding hydrogens is 274 g/mol. The summed E-state index contributed by atoms with van der Waals surface area (Å²) in [5.41, 5.74) is 2.70. The van der Waals surface area contributed by atoms with Crippen molar-refractivity contribution in [2.45, 2.75) is 38.3 Å². The fourth-order valence-electron chi connectivity index (χ4n) is 3.91. The predicted molar refractivity (Wildman–Crippen MR) is 84.3 cm³/mol. The first-order valence-corrected chi connectivity index (χ1v) is 8.16. The molecular formula is C18H21N3O. The van der Waals surface area contributed by atoms with E-state index in [2.05, 4.69) is 34.3 Å². The smallest absolute Gasteiger partial charge is 0.226 e. The minimum atomic E-state index is 0.135. The Hall–Kier alpha value is -2.10. The Bertz CT molecular complexity index is 640. The monoisotopic (exact) mass is 295 g/mol. The molecule has 2 aliphatic rings. The van der Waals surface area contributed by atoms with Crippen molar-refractivity contribution < 1.29 is 4.79 Å². The fourth-order valence-corrected chi connectivity index (χ4v) is 3.91. The van der Waals surface area contributed by atoms with Crippen LogP contribution in [0.25, 0.3) is 0 Å². The quantitative estimate of drug-likeness (QED) is 0.871. The Balaban J connectivity index is 1.46. The maximum atomic E-state index is 13.0. The van der Waals surface area contributed by atoms with Gasteiger partial charge in [0.1, 0.15) is 0 Å². The van der Waals surface area contributed by atoms with E-state index >= 15 is 0 Å². The van der Waals surface area contributed by atoms with Crippen LogP contribution in [0.1, 0.15) is 24.0 Å². The molecule has 114 valence electrons. The lowest BCUT2D eigenvalue weighted by molar-refractivity contribution is -0.136. The van der Waals surface area contributed by atoms with Gasteiger partial charge in [0.25, 0.3) is 0 Å². The molecule has 4 heteroatoms. The van der Waals surface area contributed by atoms with E-state index in [1.807, 2.05) is 16.9 Å². The van der Waals surface area contributed by atoms with Gasteiger partial charge in [-0.3, -0.25) is 9.48 Å². The first kappa shape index (κ1) is 13.6. The lowest BCUT2D eigenvalue weighted by Gasteiger charge is -2.27. The van der Waals surface area contributed by atoms with Gasteiger partial charge in [0.15, 0.2) is 0 Å². The number of likely N-dealkylation sites (tertiary alicyclic amines) is 1. The lowest BCUT2D eigenvalue weighted by atomic mass is 10.0. The number of hydrogen-bond donors (Lipinski definition) is 0. The highest BCUT2D eigenvalue weighted by Crippen LogP contribution is 2.30. The number of carbonyl (C=O) groups excluding carboxylic acids is 1. The highest BCUT2D eigenvalue weighted by atomic mass is 16.2. The Morgan fingerprint density at radius 1 is 1.18 bits per heavy atom. The van der Waals surface area contributed by atoms with E-state index in [1.165, 1.54) is 11.1 Å². The zero-order valence-electron chi connectivity index (χ0n) is 12.7. The van der Waals surface area contributed by atoms with Gasteiger partial charge in [0.05, 0.1) is 12.6 Å². The van der Waals surface area contributed by atoms with Gasteiger partial charge in [-0.15, -0.1) is 0 Å². The summed E-state index contributed by atoms with van der Waals surface area (Å²) in [6.07, 6.45) is 7.78. The van der Waals surface area contributed by atoms with Gasteiger partial charge in [-0.2, -0.15) is 5.10 Å². The van der Waals surface area contributed by atoms with E-state index in [1.54, 1.807) is 6.20 Å². The first-order valence-electron chi connectivity index (χ1n) is 8.16. The predicted octanol–water partition coefficient (Wildman–Crippen LogP) is 2.29. The van der Waals surface area contributed by atoms with Crippen LogP contribution in [0.4, 0.5) is 0 Å². The van der Waals surface area contributed by atoms with Crippen LogP contribution in [0.3, 0.4) is 0 Å². The van der Waals surface area contributed by atoms with Crippen LogP contribution in [-0.4, -0.2) is 33.2 Å². The molecule has 0 bridgehead atoms. The number of benzene rings is 1. The maximum Gasteiger partial charge on any atom is 0.226 e. The van der Waals surface area contributed by atoms with Crippen molar-refractivity contribution in [3.8, 4) is 0 Å². The molecule has 1 saturated heterocycles. The Morgan fingerprint density at radius 3 is 2.64 bits per heavy atom. The molecule has 1 atom stereocenters. The Kier molecular flexibility index (Phi) is 3.45. The van der Waals surface area contributed by atoms with Gasteiger partial charge in [0, 0.05) is 24.9 Å². The summed E-state index contributed by atoms with van der Waals surface area (Å²) in [5.74, 6) is 0.474. The largest absolute Gasteiger partial charge is 0.338 e. The molecule has 1 aliphatic heterocycles. The molecule has 0 N–H and O–H groups in total. The average molecular weight is 295 g/mol. The minimum absolute atomic E-state index is 0.135. The molecule has 1 aliphatic carbocycles. The molecule has 4 rings (SSSR count). The molecule has 4 nitrogen and oxygen atoms in total. The van der Waals surface area contributed by atoms with Crippen molar-refractivity contribution in [3.05, 3.63) is 53.9 Å². The van der Waals surface area contributed by atoms with Crippen LogP contribution >= 0.6 is 0 Å². The molecule has 2 heterocycles. The minimum Gasteiger partial charge on any atom is -0.338 e. The van der Waals surface area contributed by atoms with Crippen molar-refractivity contribution in [3.63, 3.8) is 0 Å². The summed E-state index contributed by atoms with van der Waals surface area (Å²) in [6, 6.07) is 10.7. The molecule has 1 unspecified atom stereocenters. The summed E-state index contributed by atoms with van der Waals surface area (Å²) in [7, 11) is 0.